The largest absolute Gasteiger partial charge is 0.507 e. The minimum atomic E-state index is -0.175. The highest BCUT2D eigenvalue weighted by Crippen LogP contribution is 2.39. The first-order chi connectivity index (χ1) is 9.07. The van der Waals surface area contributed by atoms with E-state index in [1.807, 2.05) is 12.1 Å². The van der Waals surface area contributed by atoms with Crippen LogP contribution < -0.4 is 5.43 Å². The molecule has 4 nitrogen and oxygen atoms in total. The van der Waals surface area contributed by atoms with Gasteiger partial charge in [0, 0.05) is 11.1 Å². The van der Waals surface area contributed by atoms with Crippen molar-refractivity contribution in [2.24, 2.45) is 5.10 Å². The van der Waals surface area contributed by atoms with Crippen LogP contribution in [0.1, 0.15) is 58.2 Å². The lowest BCUT2D eigenvalue weighted by Crippen LogP contribution is -2.18. The van der Waals surface area contributed by atoms with Gasteiger partial charge in [-0.2, -0.15) is 5.10 Å². The van der Waals surface area contributed by atoms with Crippen LogP contribution in [-0.4, -0.2) is 17.7 Å². The van der Waals surface area contributed by atoms with Gasteiger partial charge in [0.05, 0.1) is 6.21 Å². The van der Waals surface area contributed by atoms with E-state index in [4.69, 9.17) is 0 Å². The monoisotopic (exact) mass is 276 g/mol. The smallest absolute Gasteiger partial charge is 0.227 e. The number of nitrogens with zero attached hydrogens (tertiary/aromatic N) is 1. The van der Waals surface area contributed by atoms with Gasteiger partial charge < -0.3 is 5.11 Å². The summed E-state index contributed by atoms with van der Waals surface area (Å²) in [7, 11) is 0. The van der Waals surface area contributed by atoms with Crippen LogP contribution in [0.15, 0.2) is 17.2 Å². The maximum absolute atomic E-state index is 10.5. The number of carbonyl (C=O) groups excluding carboxylic acids is 1. The Kier molecular flexibility index (Phi) is 4.58. The molecule has 1 rings (SSSR count). The fraction of sp³-hybridized carbons (Fsp3) is 0.500. The van der Waals surface area contributed by atoms with Crippen molar-refractivity contribution in [3.8, 4) is 5.75 Å². The van der Waals surface area contributed by atoms with Gasteiger partial charge in [0.15, 0.2) is 0 Å². The molecule has 0 saturated heterocycles. The Hall–Kier alpha value is -1.84. The van der Waals surface area contributed by atoms with Gasteiger partial charge in [0.1, 0.15) is 5.75 Å². The number of hydrogen-bond donors (Lipinski definition) is 2. The van der Waals surface area contributed by atoms with Crippen molar-refractivity contribution >= 4 is 12.6 Å². The molecule has 20 heavy (non-hydrogen) atoms. The molecule has 0 bridgehead atoms. The van der Waals surface area contributed by atoms with Crippen molar-refractivity contribution in [1.29, 1.82) is 0 Å². The van der Waals surface area contributed by atoms with Gasteiger partial charge in [-0.05, 0) is 28.5 Å². The Morgan fingerprint density at radius 1 is 1.05 bits per heavy atom. The molecule has 4 heteroatoms. The number of hydrogen-bond acceptors (Lipinski definition) is 3. The molecule has 2 N–H and O–H groups in total. The molecule has 0 aliphatic rings. The zero-order valence-corrected chi connectivity index (χ0v) is 13.1. The molecule has 0 aliphatic carbocycles. The third-order valence-electron chi connectivity index (χ3n) is 3.09. The highest BCUT2D eigenvalue weighted by molar-refractivity contribution is 5.81. The lowest BCUT2D eigenvalue weighted by Gasteiger charge is -2.27. The van der Waals surface area contributed by atoms with Gasteiger partial charge >= 0.3 is 0 Å². The number of nitrogens with one attached hydrogen (secondary N) is 1. The highest BCUT2D eigenvalue weighted by atomic mass is 16.3. The standard InChI is InChI=1S/C16H24N2O2/c1-15(2,3)12-7-11(9-17-18-10-19)8-13(14(12)20)16(4,5)6/h7-10,20H,1-6H3,(H,18,19)/b17-9+. The topological polar surface area (TPSA) is 61.7 Å². The summed E-state index contributed by atoms with van der Waals surface area (Å²) in [6.45, 7) is 12.3. The molecule has 1 aromatic carbocycles. The minimum Gasteiger partial charge on any atom is -0.507 e. The van der Waals surface area contributed by atoms with Crippen LogP contribution in [0.5, 0.6) is 5.75 Å². The molecule has 0 heterocycles. The first kappa shape index (κ1) is 16.2. The summed E-state index contributed by atoms with van der Waals surface area (Å²) in [6.07, 6.45) is 2.10. The Labute approximate surface area is 120 Å². The second-order valence-electron chi connectivity index (χ2n) is 6.97. The summed E-state index contributed by atoms with van der Waals surface area (Å²) in [4.78, 5) is 10.2. The van der Waals surface area contributed by atoms with E-state index in [-0.39, 0.29) is 10.8 Å². The van der Waals surface area contributed by atoms with Crippen LogP contribution in [-0.2, 0) is 15.6 Å². The Morgan fingerprint density at radius 2 is 1.50 bits per heavy atom. The average molecular weight is 276 g/mol. The summed E-state index contributed by atoms with van der Waals surface area (Å²) in [5, 5.41) is 14.4. The first-order valence-corrected chi connectivity index (χ1v) is 6.67. The second-order valence-corrected chi connectivity index (χ2v) is 6.97. The number of phenolic OH excluding ortho intramolecular Hbond substituents is 1. The third-order valence-corrected chi connectivity index (χ3v) is 3.09. The fourth-order valence-electron chi connectivity index (χ4n) is 2.02. The molecular weight excluding hydrogens is 252 g/mol. The van der Waals surface area contributed by atoms with Gasteiger partial charge in [-0.1, -0.05) is 41.5 Å². The SMILES string of the molecule is CC(C)(C)c1cc(/C=N/NC=O)cc(C(C)(C)C)c1O. The van der Waals surface area contributed by atoms with Crippen LogP contribution >= 0.6 is 0 Å². The summed E-state index contributed by atoms with van der Waals surface area (Å²) in [6, 6.07) is 3.81. The molecular formula is C16H24N2O2. The normalized spacial score (nSPS) is 12.7. The number of rotatable bonds is 3. The second kappa shape index (κ2) is 5.65. The average Bonchev–Trinajstić information content (AvgIpc) is 2.28. The van der Waals surface area contributed by atoms with Gasteiger partial charge in [-0.3, -0.25) is 4.79 Å². The van der Waals surface area contributed by atoms with Gasteiger partial charge in [0.25, 0.3) is 0 Å². The number of phenols is 1. The number of benzene rings is 1. The highest BCUT2D eigenvalue weighted by Gasteiger charge is 2.26. The van der Waals surface area contributed by atoms with E-state index in [1.165, 1.54) is 0 Å². The molecule has 0 aromatic heterocycles. The van der Waals surface area contributed by atoms with Crippen molar-refractivity contribution in [2.75, 3.05) is 0 Å². The molecule has 0 aliphatic heterocycles. The van der Waals surface area contributed by atoms with Crippen molar-refractivity contribution in [3.63, 3.8) is 0 Å². The number of carbonyl (C=O) groups is 1. The van der Waals surface area contributed by atoms with Crippen LogP contribution in [0, 0.1) is 0 Å². The maximum Gasteiger partial charge on any atom is 0.227 e. The molecule has 0 saturated carbocycles. The molecule has 1 amide bonds. The fourth-order valence-corrected chi connectivity index (χ4v) is 2.02. The van der Waals surface area contributed by atoms with Crippen molar-refractivity contribution in [1.82, 2.24) is 5.43 Å². The van der Waals surface area contributed by atoms with Crippen LogP contribution in [0.4, 0.5) is 0 Å². The van der Waals surface area contributed by atoms with Crippen LogP contribution in [0.25, 0.3) is 0 Å². The van der Waals surface area contributed by atoms with E-state index in [1.54, 1.807) is 6.21 Å². The predicted octanol–water partition coefficient (Wildman–Crippen LogP) is 3.07. The number of aromatic hydroxyl groups is 1. The molecule has 0 spiro atoms. The molecule has 0 unspecified atom stereocenters. The summed E-state index contributed by atoms with van der Waals surface area (Å²) in [5.74, 6) is 0.338. The maximum atomic E-state index is 10.5. The lowest BCUT2D eigenvalue weighted by atomic mass is 9.78. The van der Waals surface area contributed by atoms with Gasteiger partial charge in [-0.25, -0.2) is 5.43 Å². The van der Waals surface area contributed by atoms with Crippen molar-refractivity contribution in [2.45, 2.75) is 52.4 Å². The molecule has 0 atom stereocenters. The van der Waals surface area contributed by atoms with Gasteiger partial charge in [0.2, 0.25) is 6.41 Å². The number of hydrazone groups is 1. The minimum absolute atomic E-state index is 0.175. The molecule has 1 aromatic rings. The Morgan fingerprint density at radius 3 is 1.85 bits per heavy atom. The zero-order valence-electron chi connectivity index (χ0n) is 13.1. The van der Waals surface area contributed by atoms with Crippen LogP contribution in [0.2, 0.25) is 0 Å². The lowest BCUT2D eigenvalue weighted by molar-refractivity contribution is -0.109. The van der Waals surface area contributed by atoms with E-state index in [0.717, 1.165) is 16.7 Å². The van der Waals surface area contributed by atoms with E-state index >= 15 is 0 Å². The first-order valence-electron chi connectivity index (χ1n) is 6.67. The quantitative estimate of drug-likeness (QED) is 0.506. The van der Waals surface area contributed by atoms with E-state index in [2.05, 4.69) is 52.1 Å². The number of amides is 1. The molecule has 110 valence electrons. The van der Waals surface area contributed by atoms with Crippen molar-refractivity contribution < 1.29 is 9.90 Å². The Bertz CT molecular complexity index is 485. The third kappa shape index (κ3) is 3.83. The predicted molar refractivity (Wildman–Crippen MR) is 82.3 cm³/mol. The van der Waals surface area contributed by atoms with E-state index in [0.29, 0.717) is 12.2 Å². The van der Waals surface area contributed by atoms with Crippen LogP contribution in [0.3, 0.4) is 0 Å². The Balaban J connectivity index is 3.46. The van der Waals surface area contributed by atoms with Gasteiger partial charge in [-0.15, -0.1) is 0 Å². The van der Waals surface area contributed by atoms with E-state index in [9.17, 15) is 9.90 Å². The summed E-state index contributed by atoms with van der Waals surface area (Å²) < 4.78 is 0. The summed E-state index contributed by atoms with van der Waals surface area (Å²) in [5.41, 5.74) is 4.50. The summed E-state index contributed by atoms with van der Waals surface area (Å²) >= 11 is 0. The van der Waals surface area contributed by atoms with E-state index < -0.39 is 0 Å². The molecule has 0 fully saturated rings. The van der Waals surface area contributed by atoms with Crippen molar-refractivity contribution in [3.05, 3.63) is 28.8 Å². The molecule has 0 radical (unpaired) electrons. The zero-order chi connectivity index (χ0) is 15.6.